The summed E-state index contributed by atoms with van der Waals surface area (Å²) in [5.41, 5.74) is 5.44. The molecule has 0 amide bonds. The molecule has 1 saturated carbocycles. The normalized spacial score (nSPS) is 21.6. The molecule has 0 unspecified atom stereocenters. The minimum Gasteiger partial charge on any atom is -0.393 e. The number of nitrogens with zero attached hydrogens (tertiary/aromatic N) is 2. The number of unbranched alkanes of at least 4 members (excludes halogenated alkanes) is 1. The summed E-state index contributed by atoms with van der Waals surface area (Å²) in [6, 6.07) is 0.0390. The summed E-state index contributed by atoms with van der Waals surface area (Å²) in [7, 11) is 1.45. The summed E-state index contributed by atoms with van der Waals surface area (Å²) >= 11 is 0. The topological polar surface area (TPSA) is 102 Å². The van der Waals surface area contributed by atoms with E-state index in [9.17, 15) is 14.7 Å². The van der Waals surface area contributed by atoms with E-state index in [1.165, 1.54) is 11.6 Å². The molecule has 1 aromatic rings. The van der Waals surface area contributed by atoms with Gasteiger partial charge in [0.15, 0.2) is 0 Å². The highest BCUT2D eigenvalue weighted by molar-refractivity contribution is 5.61. The zero-order valence-corrected chi connectivity index (χ0v) is 11.9. The molecule has 0 radical (unpaired) electrons. The highest BCUT2D eigenvalue weighted by Crippen LogP contribution is 2.24. The van der Waals surface area contributed by atoms with Crippen molar-refractivity contribution in [3.63, 3.8) is 0 Å². The highest BCUT2D eigenvalue weighted by atomic mass is 16.3. The van der Waals surface area contributed by atoms with Crippen LogP contribution in [-0.2, 0) is 13.6 Å². The van der Waals surface area contributed by atoms with E-state index in [-0.39, 0.29) is 29.3 Å². The lowest BCUT2D eigenvalue weighted by atomic mass is 9.89. The van der Waals surface area contributed by atoms with E-state index in [1.807, 2.05) is 6.92 Å². The maximum absolute atomic E-state index is 12.1. The van der Waals surface area contributed by atoms with Gasteiger partial charge in [-0.25, -0.2) is 4.79 Å². The van der Waals surface area contributed by atoms with Crippen molar-refractivity contribution in [2.75, 3.05) is 11.1 Å². The van der Waals surface area contributed by atoms with Crippen LogP contribution in [0.4, 0.5) is 11.5 Å². The predicted molar refractivity (Wildman–Crippen MR) is 77.9 cm³/mol. The van der Waals surface area contributed by atoms with Crippen LogP contribution in [0.5, 0.6) is 0 Å². The number of aromatic nitrogens is 2. The van der Waals surface area contributed by atoms with Crippen LogP contribution in [0.1, 0.15) is 32.6 Å². The van der Waals surface area contributed by atoms with E-state index in [1.54, 1.807) is 0 Å². The summed E-state index contributed by atoms with van der Waals surface area (Å²) in [5, 5.41) is 12.3. The second kappa shape index (κ2) is 5.70. The van der Waals surface area contributed by atoms with Gasteiger partial charge in [0.25, 0.3) is 5.56 Å². The van der Waals surface area contributed by atoms with Crippen LogP contribution < -0.4 is 22.3 Å². The third-order valence-corrected chi connectivity index (χ3v) is 3.78. The van der Waals surface area contributed by atoms with Gasteiger partial charge in [0.2, 0.25) is 0 Å². The van der Waals surface area contributed by atoms with Crippen molar-refractivity contribution in [3.05, 3.63) is 20.8 Å². The highest BCUT2D eigenvalue weighted by Gasteiger charge is 2.29. The van der Waals surface area contributed by atoms with Gasteiger partial charge in [-0.15, -0.1) is 0 Å². The lowest BCUT2D eigenvalue weighted by molar-refractivity contribution is 0.0836. The first-order chi connectivity index (χ1) is 9.45. The van der Waals surface area contributed by atoms with Crippen molar-refractivity contribution in [2.24, 2.45) is 7.05 Å². The molecule has 1 aromatic heterocycles. The van der Waals surface area contributed by atoms with Crippen LogP contribution in [0, 0.1) is 0 Å². The molecule has 1 heterocycles. The van der Waals surface area contributed by atoms with Gasteiger partial charge < -0.3 is 16.2 Å². The Bertz CT molecular complexity index is 599. The van der Waals surface area contributed by atoms with Crippen LogP contribution in [-0.4, -0.2) is 26.4 Å². The maximum atomic E-state index is 12.1. The van der Waals surface area contributed by atoms with Gasteiger partial charge >= 0.3 is 5.69 Å². The van der Waals surface area contributed by atoms with Gasteiger partial charge in [-0.1, -0.05) is 13.3 Å². The number of hydrogen-bond acceptors (Lipinski definition) is 5. The first-order valence-corrected chi connectivity index (χ1v) is 6.99. The summed E-state index contributed by atoms with van der Waals surface area (Å²) in [6.45, 7) is 2.52. The number of anilines is 2. The molecule has 0 aliphatic heterocycles. The Kier molecular flexibility index (Phi) is 4.17. The molecule has 0 atom stereocenters. The quantitative estimate of drug-likeness (QED) is 0.698. The SMILES string of the molecule is CCCCn1c(N)c(NC2CC(O)C2)c(=O)n(C)c1=O. The second-order valence-electron chi connectivity index (χ2n) is 5.38. The molecular weight excluding hydrogens is 260 g/mol. The summed E-state index contributed by atoms with van der Waals surface area (Å²) in [6.07, 6.45) is 2.63. The molecule has 112 valence electrons. The van der Waals surface area contributed by atoms with Crippen LogP contribution in [0.3, 0.4) is 0 Å². The fourth-order valence-electron chi connectivity index (χ4n) is 2.36. The zero-order valence-electron chi connectivity index (χ0n) is 11.9. The van der Waals surface area contributed by atoms with E-state index < -0.39 is 5.56 Å². The third kappa shape index (κ3) is 2.58. The van der Waals surface area contributed by atoms with Crippen LogP contribution in [0.15, 0.2) is 9.59 Å². The van der Waals surface area contributed by atoms with Crippen molar-refractivity contribution in [1.29, 1.82) is 0 Å². The lowest BCUT2D eigenvalue weighted by Gasteiger charge is -2.33. The van der Waals surface area contributed by atoms with E-state index in [0.29, 0.717) is 19.4 Å². The average Bonchev–Trinajstić information content (AvgIpc) is 2.39. The van der Waals surface area contributed by atoms with Crippen LogP contribution >= 0.6 is 0 Å². The molecule has 1 aliphatic rings. The Balaban J connectivity index is 2.37. The number of nitrogens with one attached hydrogen (secondary N) is 1. The molecular formula is C13H22N4O3. The molecule has 7 nitrogen and oxygen atoms in total. The fraction of sp³-hybridized carbons (Fsp3) is 0.692. The Morgan fingerprint density at radius 2 is 2.05 bits per heavy atom. The van der Waals surface area contributed by atoms with Gasteiger partial charge in [-0.2, -0.15) is 0 Å². The number of aliphatic hydroxyl groups excluding tert-OH is 1. The van der Waals surface area contributed by atoms with Crippen molar-refractivity contribution in [2.45, 2.75) is 51.3 Å². The molecule has 7 heteroatoms. The number of hydrogen-bond donors (Lipinski definition) is 3. The smallest absolute Gasteiger partial charge is 0.332 e. The molecule has 0 spiro atoms. The minimum atomic E-state index is -0.415. The maximum Gasteiger partial charge on any atom is 0.332 e. The average molecular weight is 282 g/mol. The minimum absolute atomic E-state index is 0.0390. The number of nitrogens with two attached hydrogens (primary N) is 1. The largest absolute Gasteiger partial charge is 0.393 e. The Morgan fingerprint density at radius 1 is 1.40 bits per heavy atom. The van der Waals surface area contributed by atoms with Crippen molar-refractivity contribution in [3.8, 4) is 0 Å². The molecule has 4 N–H and O–H groups in total. The Hall–Kier alpha value is -1.76. The van der Waals surface area contributed by atoms with Gasteiger partial charge in [-0.3, -0.25) is 13.9 Å². The molecule has 0 aromatic carbocycles. The van der Waals surface area contributed by atoms with Gasteiger partial charge in [0.05, 0.1) is 6.10 Å². The van der Waals surface area contributed by atoms with Crippen molar-refractivity contribution < 1.29 is 5.11 Å². The molecule has 1 aliphatic carbocycles. The predicted octanol–water partition coefficient (Wildman–Crippen LogP) is -0.135. The third-order valence-electron chi connectivity index (χ3n) is 3.78. The first kappa shape index (κ1) is 14.6. The molecule has 2 rings (SSSR count). The van der Waals surface area contributed by atoms with Crippen molar-refractivity contribution >= 4 is 11.5 Å². The first-order valence-electron chi connectivity index (χ1n) is 6.99. The van der Waals surface area contributed by atoms with E-state index in [0.717, 1.165) is 17.4 Å². The number of nitrogen functional groups attached to an aromatic ring is 1. The van der Waals surface area contributed by atoms with Gasteiger partial charge in [0.1, 0.15) is 11.5 Å². The van der Waals surface area contributed by atoms with Crippen LogP contribution in [0.2, 0.25) is 0 Å². The Morgan fingerprint density at radius 3 is 2.60 bits per heavy atom. The van der Waals surface area contributed by atoms with E-state index in [4.69, 9.17) is 5.73 Å². The molecule has 0 bridgehead atoms. The standard InChI is InChI=1S/C13H22N4O3/c1-3-4-5-17-11(14)10(12(19)16(2)13(17)20)15-8-6-9(18)7-8/h8-9,15,18H,3-7,14H2,1-2H3. The lowest BCUT2D eigenvalue weighted by Crippen LogP contribution is -2.45. The zero-order chi connectivity index (χ0) is 14.9. The second-order valence-corrected chi connectivity index (χ2v) is 5.38. The summed E-state index contributed by atoms with van der Waals surface area (Å²) in [4.78, 5) is 24.2. The summed E-state index contributed by atoms with van der Waals surface area (Å²) < 4.78 is 2.51. The van der Waals surface area contributed by atoms with Gasteiger partial charge in [0, 0.05) is 19.6 Å². The monoisotopic (exact) mass is 282 g/mol. The molecule has 20 heavy (non-hydrogen) atoms. The van der Waals surface area contributed by atoms with Crippen molar-refractivity contribution in [1.82, 2.24) is 9.13 Å². The molecule has 1 fully saturated rings. The molecule has 0 saturated heterocycles. The van der Waals surface area contributed by atoms with E-state index in [2.05, 4.69) is 5.32 Å². The summed E-state index contributed by atoms with van der Waals surface area (Å²) in [5.74, 6) is 0.188. The van der Waals surface area contributed by atoms with Crippen LogP contribution in [0.25, 0.3) is 0 Å². The number of aliphatic hydroxyl groups is 1. The van der Waals surface area contributed by atoms with E-state index >= 15 is 0 Å². The Labute approximate surface area is 117 Å². The van der Waals surface area contributed by atoms with Gasteiger partial charge in [-0.05, 0) is 19.3 Å². The fourth-order valence-corrected chi connectivity index (χ4v) is 2.36. The number of rotatable bonds is 5.